The second-order valence-electron chi connectivity index (χ2n) is 4.29. The van der Waals surface area contributed by atoms with E-state index in [-0.39, 0.29) is 5.82 Å². The van der Waals surface area contributed by atoms with Crippen LogP contribution in [0.15, 0.2) is 24.4 Å². The molecule has 2 rings (SSSR count). The van der Waals surface area contributed by atoms with Gasteiger partial charge >= 0.3 is 0 Å². The molecular formula is C14H16FN3O2. The summed E-state index contributed by atoms with van der Waals surface area (Å²) in [5, 5.41) is 0. The topological polar surface area (TPSA) is 70.3 Å². The second kappa shape index (κ2) is 5.83. The summed E-state index contributed by atoms with van der Waals surface area (Å²) in [6.45, 7) is 1.68. The molecule has 20 heavy (non-hydrogen) atoms. The summed E-state index contributed by atoms with van der Waals surface area (Å²) in [6.07, 6.45) is 1.47. The fourth-order valence-corrected chi connectivity index (χ4v) is 1.85. The van der Waals surface area contributed by atoms with E-state index in [0.29, 0.717) is 23.0 Å². The molecule has 2 aromatic rings. The van der Waals surface area contributed by atoms with Crippen LogP contribution in [0.5, 0.6) is 11.8 Å². The molecule has 0 aliphatic carbocycles. The van der Waals surface area contributed by atoms with E-state index in [9.17, 15) is 4.39 Å². The minimum atomic E-state index is -0.553. The maximum absolute atomic E-state index is 13.3. The number of methoxy groups -OCH3 is 2. The van der Waals surface area contributed by atoms with Gasteiger partial charge < -0.3 is 15.2 Å². The van der Waals surface area contributed by atoms with Gasteiger partial charge in [-0.1, -0.05) is 12.1 Å². The van der Waals surface area contributed by atoms with Gasteiger partial charge in [0, 0.05) is 0 Å². The second-order valence-corrected chi connectivity index (χ2v) is 4.29. The van der Waals surface area contributed by atoms with Crippen molar-refractivity contribution in [3.8, 4) is 11.8 Å². The van der Waals surface area contributed by atoms with Crippen molar-refractivity contribution in [2.45, 2.75) is 13.0 Å². The van der Waals surface area contributed by atoms with E-state index in [1.54, 1.807) is 19.1 Å². The number of rotatable bonds is 4. The van der Waals surface area contributed by atoms with Gasteiger partial charge in [-0.15, -0.1) is 0 Å². The summed E-state index contributed by atoms with van der Waals surface area (Å²) in [7, 11) is 2.97. The van der Waals surface area contributed by atoms with Gasteiger partial charge in [0.15, 0.2) is 0 Å². The highest BCUT2D eigenvalue weighted by Gasteiger charge is 2.18. The van der Waals surface area contributed by atoms with E-state index in [1.165, 1.54) is 26.5 Å². The molecule has 0 bridgehead atoms. The molecule has 0 saturated carbocycles. The van der Waals surface area contributed by atoms with Crippen LogP contribution in [-0.4, -0.2) is 24.2 Å². The lowest BCUT2D eigenvalue weighted by molar-refractivity contribution is 0.355. The van der Waals surface area contributed by atoms with Crippen molar-refractivity contribution in [3.05, 3.63) is 47.0 Å². The molecule has 1 heterocycles. The van der Waals surface area contributed by atoms with Gasteiger partial charge in [0.25, 0.3) is 0 Å². The van der Waals surface area contributed by atoms with Crippen LogP contribution >= 0.6 is 0 Å². The minimum absolute atomic E-state index is 0.270. The molecule has 0 spiro atoms. The van der Waals surface area contributed by atoms with E-state index in [4.69, 9.17) is 15.2 Å². The Morgan fingerprint density at radius 2 is 2.00 bits per heavy atom. The number of halogens is 1. The van der Waals surface area contributed by atoms with Gasteiger partial charge in [0.2, 0.25) is 11.8 Å². The molecule has 0 amide bonds. The normalized spacial score (nSPS) is 12.1. The molecule has 0 radical (unpaired) electrons. The zero-order valence-corrected chi connectivity index (χ0v) is 11.6. The Morgan fingerprint density at radius 3 is 2.60 bits per heavy atom. The van der Waals surface area contributed by atoms with Gasteiger partial charge in [-0.2, -0.15) is 4.98 Å². The highest BCUT2D eigenvalue weighted by atomic mass is 19.1. The molecule has 1 aromatic heterocycles. The molecule has 5 nitrogen and oxygen atoms in total. The molecule has 6 heteroatoms. The van der Waals surface area contributed by atoms with Gasteiger partial charge in [-0.3, -0.25) is 0 Å². The smallest absolute Gasteiger partial charge is 0.240 e. The third-order valence-electron chi connectivity index (χ3n) is 2.98. The van der Waals surface area contributed by atoms with Crippen molar-refractivity contribution >= 4 is 0 Å². The van der Waals surface area contributed by atoms with Gasteiger partial charge in [-0.05, 0) is 24.1 Å². The number of ether oxygens (including phenoxy) is 2. The summed E-state index contributed by atoms with van der Waals surface area (Å²) in [4.78, 5) is 8.35. The molecule has 0 saturated heterocycles. The molecule has 0 aliphatic heterocycles. The van der Waals surface area contributed by atoms with E-state index in [1.807, 2.05) is 0 Å². The van der Waals surface area contributed by atoms with Crippen LogP contribution in [0.25, 0.3) is 0 Å². The van der Waals surface area contributed by atoms with Crippen molar-refractivity contribution in [2.24, 2.45) is 5.73 Å². The largest absolute Gasteiger partial charge is 0.480 e. The molecule has 2 N–H and O–H groups in total. The molecule has 0 aliphatic rings. The number of aryl methyl sites for hydroxylation is 1. The van der Waals surface area contributed by atoms with Crippen LogP contribution in [-0.2, 0) is 0 Å². The predicted molar refractivity (Wildman–Crippen MR) is 72.3 cm³/mol. The van der Waals surface area contributed by atoms with Crippen molar-refractivity contribution < 1.29 is 13.9 Å². The van der Waals surface area contributed by atoms with E-state index in [2.05, 4.69) is 9.97 Å². The summed E-state index contributed by atoms with van der Waals surface area (Å²) in [5.74, 6) is 0.362. The number of hydrogen-bond acceptors (Lipinski definition) is 5. The van der Waals surface area contributed by atoms with Crippen LogP contribution in [0, 0.1) is 12.7 Å². The number of hydrogen-bond donors (Lipinski definition) is 1. The third-order valence-corrected chi connectivity index (χ3v) is 2.98. The Bertz CT molecular complexity index is 619. The molecule has 1 aromatic carbocycles. The first-order valence-electron chi connectivity index (χ1n) is 6.03. The Kier molecular flexibility index (Phi) is 4.14. The van der Waals surface area contributed by atoms with Crippen molar-refractivity contribution in [2.75, 3.05) is 14.2 Å². The Hall–Kier alpha value is -2.21. The summed E-state index contributed by atoms with van der Waals surface area (Å²) in [5.41, 5.74) is 7.89. The Labute approximate surface area is 116 Å². The van der Waals surface area contributed by atoms with E-state index < -0.39 is 6.04 Å². The predicted octanol–water partition coefficient (Wildman–Crippen LogP) is 1.99. The quantitative estimate of drug-likeness (QED) is 0.925. The maximum atomic E-state index is 13.3. The van der Waals surface area contributed by atoms with Crippen LogP contribution in [0.4, 0.5) is 4.39 Å². The number of benzene rings is 1. The van der Waals surface area contributed by atoms with E-state index >= 15 is 0 Å². The van der Waals surface area contributed by atoms with Gasteiger partial charge in [0.1, 0.15) is 11.5 Å². The fourth-order valence-electron chi connectivity index (χ4n) is 1.85. The molecular weight excluding hydrogens is 261 g/mol. The lowest BCUT2D eigenvalue weighted by Crippen LogP contribution is -2.16. The van der Waals surface area contributed by atoms with Crippen LogP contribution in [0.1, 0.15) is 22.9 Å². The van der Waals surface area contributed by atoms with Gasteiger partial charge in [-0.25, -0.2) is 9.37 Å². The number of nitrogens with two attached hydrogens (primary N) is 1. The average Bonchev–Trinajstić information content (AvgIpc) is 2.48. The average molecular weight is 277 g/mol. The van der Waals surface area contributed by atoms with Crippen LogP contribution in [0.2, 0.25) is 0 Å². The maximum Gasteiger partial charge on any atom is 0.240 e. The first-order valence-corrected chi connectivity index (χ1v) is 6.03. The molecule has 0 fully saturated rings. The highest BCUT2D eigenvalue weighted by molar-refractivity contribution is 5.36. The van der Waals surface area contributed by atoms with Crippen LogP contribution in [0.3, 0.4) is 0 Å². The fraction of sp³-hybridized carbons (Fsp3) is 0.286. The Balaban J connectivity index is 2.41. The minimum Gasteiger partial charge on any atom is -0.480 e. The van der Waals surface area contributed by atoms with Crippen molar-refractivity contribution in [1.82, 2.24) is 9.97 Å². The molecule has 1 atom stereocenters. The summed E-state index contributed by atoms with van der Waals surface area (Å²) in [6, 6.07) is 4.14. The number of aromatic nitrogens is 2. The monoisotopic (exact) mass is 277 g/mol. The first kappa shape index (κ1) is 14.2. The van der Waals surface area contributed by atoms with E-state index in [0.717, 1.165) is 5.56 Å². The summed E-state index contributed by atoms with van der Waals surface area (Å²) < 4.78 is 23.5. The van der Waals surface area contributed by atoms with Gasteiger partial charge in [0.05, 0.1) is 26.5 Å². The third kappa shape index (κ3) is 2.70. The lowest BCUT2D eigenvalue weighted by Gasteiger charge is -2.15. The molecule has 106 valence electrons. The standard InChI is InChI=1S/C14H16FN3O2/c1-8-6-9(4-5-10(8)15)12(16)13-14(20-3)18-11(19-2)7-17-13/h4-7,12H,16H2,1-3H3. The van der Waals surface area contributed by atoms with Crippen LogP contribution < -0.4 is 15.2 Å². The SMILES string of the molecule is COc1cnc(C(N)c2ccc(F)c(C)c2)c(OC)n1. The highest BCUT2D eigenvalue weighted by Crippen LogP contribution is 2.27. The number of nitrogens with zero attached hydrogens (tertiary/aromatic N) is 2. The molecule has 1 unspecified atom stereocenters. The first-order chi connectivity index (χ1) is 9.56. The lowest BCUT2D eigenvalue weighted by atomic mass is 10.0. The van der Waals surface area contributed by atoms with Crippen molar-refractivity contribution in [1.29, 1.82) is 0 Å². The zero-order chi connectivity index (χ0) is 14.7. The van der Waals surface area contributed by atoms with Crippen molar-refractivity contribution in [3.63, 3.8) is 0 Å². The summed E-state index contributed by atoms with van der Waals surface area (Å²) >= 11 is 0. The Morgan fingerprint density at radius 1 is 1.25 bits per heavy atom. The zero-order valence-electron chi connectivity index (χ0n) is 11.6.